The third-order valence-electron chi connectivity index (χ3n) is 3.67. The fourth-order valence-electron chi connectivity index (χ4n) is 2.54. The van der Waals surface area contributed by atoms with Gasteiger partial charge in [0.25, 0.3) is 0 Å². The second kappa shape index (κ2) is 7.92. The van der Waals surface area contributed by atoms with E-state index in [-0.39, 0.29) is 57.3 Å². The zero-order valence-electron chi connectivity index (χ0n) is 12.0. The van der Waals surface area contributed by atoms with Gasteiger partial charge in [-0.15, -0.1) is 0 Å². The molecule has 1 aromatic carbocycles. The third kappa shape index (κ3) is 4.54. The number of carbonyl (C=O) groups excluding carboxylic acids is 1. The molecule has 1 heterocycles. The first-order valence-electron chi connectivity index (χ1n) is 6.40. The van der Waals surface area contributed by atoms with Crippen molar-refractivity contribution in [1.29, 1.82) is 0 Å². The number of halogens is 3. The second-order valence-electron chi connectivity index (χ2n) is 4.96. The van der Waals surface area contributed by atoms with E-state index in [1.165, 1.54) is 11.0 Å². The summed E-state index contributed by atoms with van der Waals surface area (Å²) in [6.07, 6.45) is -1.86. The number of carbonyl (C=O) groups is 1. The van der Waals surface area contributed by atoms with Crippen LogP contribution in [0.4, 0.5) is 13.2 Å². The van der Waals surface area contributed by atoms with Crippen LogP contribution in [0, 0.1) is 0 Å². The van der Waals surface area contributed by atoms with Crippen LogP contribution in [-0.2, 0) is 11.0 Å². The average molecular weight is 339 g/mol. The molecule has 0 aromatic heterocycles. The van der Waals surface area contributed by atoms with E-state index in [1.807, 2.05) is 0 Å². The van der Waals surface area contributed by atoms with E-state index >= 15 is 0 Å². The number of nitrogens with zero attached hydrogens (tertiary/aromatic N) is 1. The van der Waals surface area contributed by atoms with E-state index in [4.69, 9.17) is 5.11 Å². The summed E-state index contributed by atoms with van der Waals surface area (Å²) in [6, 6.07) is 3.33. The van der Waals surface area contributed by atoms with Crippen molar-refractivity contribution in [1.82, 2.24) is 4.90 Å². The van der Waals surface area contributed by atoms with E-state index in [0.717, 1.165) is 12.1 Å². The van der Waals surface area contributed by atoms with Crippen LogP contribution in [0.2, 0.25) is 0 Å². The molecule has 2 rings (SSSR count). The van der Waals surface area contributed by atoms with Crippen LogP contribution in [0.1, 0.15) is 40.2 Å². The van der Waals surface area contributed by atoms with Gasteiger partial charge in [-0.25, -0.2) is 4.79 Å². The Kier molecular flexibility index (Phi) is 7.06. The third-order valence-corrected chi connectivity index (χ3v) is 3.67. The Balaban J connectivity index is 0.00000242. The van der Waals surface area contributed by atoms with Gasteiger partial charge in [-0.2, -0.15) is 19.6 Å². The van der Waals surface area contributed by atoms with Gasteiger partial charge in [-0.3, -0.25) is 0 Å². The summed E-state index contributed by atoms with van der Waals surface area (Å²) in [6.45, 7) is 0.881. The number of rotatable bonds is 3. The van der Waals surface area contributed by atoms with E-state index in [0.29, 0.717) is 31.5 Å². The molecule has 1 fully saturated rings. The monoisotopic (exact) mass is 339 g/mol. The zero-order valence-corrected chi connectivity index (χ0v) is 15.1. The predicted molar refractivity (Wildman–Crippen MR) is 67.6 cm³/mol. The summed E-state index contributed by atoms with van der Waals surface area (Å²) >= 11 is 0. The molecule has 0 atom stereocenters. The minimum atomic E-state index is -4.71. The molecule has 1 aromatic rings. The first-order chi connectivity index (χ1) is 9.82. The molecule has 0 saturated carbocycles. The molecule has 0 aliphatic carbocycles. The molecular formula is C14H13F3KNO3. The topological polar surface area (TPSA) is 57.6 Å². The van der Waals surface area contributed by atoms with Gasteiger partial charge in [0.05, 0.1) is 11.1 Å². The van der Waals surface area contributed by atoms with Crippen LogP contribution >= 0.6 is 0 Å². The average Bonchev–Trinajstić information content (AvgIpc) is 2.45. The van der Waals surface area contributed by atoms with Crippen molar-refractivity contribution in [3.8, 4) is 0 Å². The smallest absolute Gasteiger partial charge is 0.520 e. The Labute approximate surface area is 168 Å². The number of hydrogen-bond acceptors (Lipinski definition) is 2. The Morgan fingerprint density at radius 3 is 2.32 bits per heavy atom. The number of alkyl halides is 3. The normalized spacial score (nSPS) is 16.0. The van der Waals surface area contributed by atoms with Crippen LogP contribution in [0.15, 0.2) is 18.2 Å². The van der Waals surface area contributed by atoms with Crippen molar-refractivity contribution in [2.45, 2.75) is 24.9 Å². The summed E-state index contributed by atoms with van der Waals surface area (Å²) < 4.78 is 38.8. The standard InChI is InChI=1S/C14H13F3NO3.K/c15-14(16,17)12-7-10(1-2-11(12)13(20)21)9-3-5-18(8-19)6-4-9;/h1-2,7,9H,3-6H2,(H,20,21);/q-1;+1. The first-order valence-corrected chi connectivity index (χ1v) is 6.40. The SMILES string of the molecule is O=[C-]N1CCC(c2ccc(C(=O)O)c(C(F)(F)F)c2)CC1.[K+]. The Bertz CT molecular complexity index is 555. The van der Waals surface area contributed by atoms with Crippen molar-refractivity contribution in [2.24, 2.45) is 0 Å². The Morgan fingerprint density at radius 1 is 1.27 bits per heavy atom. The number of hydrogen-bond donors (Lipinski definition) is 1. The van der Waals surface area contributed by atoms with Gasteiger partial charge < -0.3 is 14.8 Å². The van der Waals surface area contributed by atoms with Gasteiger partial charge in [0, 0.05) is 0 Å². The minimum Gasteiger partial charge on any atom is -0.520 e. The summed E-state index contributed by atoms with van der Waals surface area (Å²) in [5.74, 6) is -1.71. The molecule has 114 valence electrons. The molecule has 0 unspecified atom stereocenters. The van der Waals surface area contributed by atoms with Gasteiger partial charge in [0.2, 0.25) is 0 Å². The maximum Gasteiger partial charge on any atom is 1.00 e. The van der Waals surface area contributed by atoms with Gasteiger partial charge >= 0.3 is 63.5 Å². The minimum absolute atomic E-state index is 0. The van der Waals surface area contributed by atoms with Crippen molar-refractivity contribution < 1.29 is 79.3 Å². The Hall–Kier alpha value is -0.414. The number of aromatic carboxylic acids is 1. The quantitative estimate of drug-likeness (QED) is 0.605. The van der Waals surface area contributed by atoms with E-state index in [1.54, 1.807) is 6.41 Å². The molecular weight excluding hydrogens is 326 g/mol. The molecule has 8 heteroatoms. The van der Waals surface area contributed by atoms with Gasteiger partial charge in [0.1, 0.15) is 0 Å². The van der Waals surface area contributed by atoms with E-state index in [9.17, 15) is 22.8 Å². The first kappa shape index (κ1) is 19.6. The maximum absolute atomic E-state index is 12.9. The summed E-state index contributed by atoms with van der Waals surface area (Å²) in [5, 5.41) is 8.85. The summed E-state index contributed by atoms with van der Waals surface area (Å²) in [5.41, 5.74) is -1.42. The zero-order chi connectivity index (χ0) is 15.6. The fourth-order valence-corrected chi connectivity index (χ4v) is 2.54. The molecule has 0 bridgehead atoms. The number of carboxylic acids is 1. The number of likely N-dealkylation sites (tertiary alicyclic amines) is 1. The molecule has 0 radical (unpaired) electrons. The van der Waals surface area contributed by atoms with Crippen LogP contribution < -0.4 is 51.4 Å². The van der Waals surface area contributed by atoms with E-state index < -0.39 is 23.3 Å². The van der Waals surface area contributed by atoms with Crippen LogP contribution in [0.25, 0.3) is 0 Å². The molecule has 0 spiro atoms. The Morgan fingerprint density at radius 2 is 1.86 bits per heavy atom. The van der Waals surface area contributed by atoms with Gasteiger partial charge in [-0.05, 0) is 49.5 Å². The number of carboxylic acid groups (broad SMARTS) is 1. The predicted octanol–water partition coefficient (Wildman–Crippen LogP) is -0.346. The van der Waals surface area contributed by atoms with Crippen molar-refractivity contribution in [3.05, 3.63) is 34.9 Å². The van der Waals surface area contributed by atoms with Crippen LogP contribution in [-0.4, -0.2) is 35.5 Å². The molecule has 1 aliphatic heterocycles. The molecule has 4 nitrogen and oxygen atoms in total. The number of piperidine rings is 1. The molecule has 1 amide bonds. The summed E-state index contributed by atoms with van der Waals surface area (Å²) in [4.78, 5) is 22.8. The number of benzene rings is 1. The summed E-state index contributed by atoms with van der Waals surface area (Å²) in [7, 11) is 0. The van der Waals surface area contributed by atoms with Crippen LogP contribution in [0.5, 0.6) is 0 Å². The van der Waals surface area contributed by atoms with Gasteiger partial charge in [0.15, 0.2) is 0 Å². The van der Waals surface area contributed by atoms with E-state index in [2.05, 4.69) is 0 Å². The van der Waals surface area contributed by atoms with Crippen molar-refractivity contribution in [3.63, 3.8) is 0 Å². The van der Waals surface area contributed by atoms with Crippen molar-refractivity contribution >= 4 is 12.4 Å². The second-order valence-corrected chi connectivity index (χ2v) is 4.96. The van der Waals surface area contributed by atoms with Crippen molar-refractivity contribution in [2.75, 3.05) is 13.1 Å². The molecule has 1 saturated heterocycles. The number of amides is 1. The largest absolute Gasteiger partial charge is 1.00 e. The van der Waals surface area contributed by atoms with Crippen LogP contribution in [0.3, 0.4) is 0 Å². The fraction of sp³-hybridized carbons (Fsp3) is 0.429. The molecule has 1 N–H and O–H groups in total. The maximum atomic E-state index is 12.9. The molecule has 22 heavy (non-hydrogen) atoms. The van der Waals surface area contributed by atoms with Gasteiger partial charge in [-0.1, -0.05) is 6.07 Å². The molecule has 1 aliphatic rings.